The second kappa shape index (κ2) is 7.76. The Morgan fingerprint density at radius 1 is 0.893 bits per heavy atom. The van der Waals surface area contributed by atoms with E-state index in [1.54, 1.807) is 0 Å². The molecular weight excluding hydrogens is 344 g/mol. The first-order valence-electron chi connectivity index (χ1n) is 10.1. The minimum atomic E-state index is -0.0478. The molecule has 3 heteroatoms. The molecule has 1 saturated carbocycles. The fourth-order valence-electron chi connectivity index (χ4n) is 4.70. The summed E-state index contributed by atoms with van der Waals surface area (Å²) in [6.45, 7) is 0. The average Bonchev–Trinajstić information content (AvgIpc) is 3.23. The monoisotopic (exact) mass is 372 g/mol. The molecule has 0 aromatic heterocycles. The number of amides is 1. The summed E-state index contributed by atoms with van der Waals surface area (Å²) in [5.41, 5.74) is 1.84. The third-order valence-electron chi connectivity index (χ3n) is 6.32. The Hall–Kier alpha value is -2.65. The van der Waals surface area contributed by atoms with Crippen molar-refractivity contribution in [2.45, 2.75) is 37.3 Å². The first kappa shape index (κ1) is 18.7. The summed E-state index contributed by atoms with van der Waals surface area (Å²) >= 11 is 0. The van der Waals surface area contributed by atoms with Crippen molar-refractivity contribution in [3.8, 4) is 0 Å². The van der Waals surface area contributed by atoms with Gasteiger partial charge in [0.1, 0.15) is 0 Å². The molecule has 0 spiro atoms. The second-order valence-corrected chi connectivity index (χ2v) is 8.08. The summed E-state index contributed by atoms with van der Waals surface area (Å²) in [6.07, 6.45) is 4.59. The van der Waals surface area contributed by atoms with Crippen molar-refractivity contribution >= 4 is 16.7 Å². The Labute approximate surface area is 167 Å². The lowest BCUT2D eigenvalue weighted by molar-refractivity contribution is 0.0766. The predicted octanol–water partition coefficient (Wildman–Crippen LogP) is 5.19. The van der Waals surface area contributed by atoms with Gasteiger partial charge in [-0.25, -0.2) is 0 Å². The molecule has 3 nitrogen and oxygen atoms in total. The number of fused-ring (bicyclic) bond motifs is 1. The number of hydrogen-bond acceptors (Lipinski definition) is 2. The highest BCUT2D eigenvalue weighted by molar-refractivity contribution is 5.98. The Morgan fingerprint density at radius 3 is 2.21 bits per heavy atom. The maximum atomic E-state index is 13.3. The summed E-state index contributed by atoms with van der Waals surface area (Å²) in [5, 5.41) is 5.64. The Bertz CT molecular complexity index is 958. The van der Waals surface area contributed by atoms with Crippen LogP contribution >= 0.6 is 0 Å². The summed E-state index contributed by atoms with van der Waals surface area (Å²) in [5.74, 6) is -0.00673. The van der Waals surface area contributed by atoms with Crippen LogP contribution < -0.4 is 5.32 Å². The van der Waals surface area contributed by atoms with Gasteiger partial charge in [-0.15, -0.1) is 0 Å². The number of benzene rings is 3. The van der Waals surface area contributed by atoms with Gasteiger partial charge in [-0.2, -0.15) is 0 Å². The van der Waals surface area contributed by atoms with Gasteiger partial charge >= 0.3 is 0 Å². The van der Waals surface area contributed by atoms with E-state index in [-0.39, 0.29) is 17.5 Å². The maximum absolute atomic E-state index is 13.3. The SMILES string of the molecule is CN(C)C1(C(NC(=O)c2ccc3ccccc3c2)c2ccccc2)CCCC1. The highest BCUT2D eigenvalue weighted by atomic mass is 16.1. The molecule has 0 aliphatic heterocycles. The van der Waals surface area contributed by atoms with E-state index in [1.165, 1.54) is 18.4 Å². The topological polar surface area (TPSA) is 32.3 Å². The van der Waals surface area contributed by atoms with Gasteiger partial charge in [0.2, 0.25) is 0 Å². The normalized spacial score (nSPS) is 17.0. The summed E-state index contributed by atoms with van der Waals surface area (Å²) in [4.78, 5) is 15.6. The van der Waals surface area contributed by atoms with Crippen LogP contribution in [-0.4, -0.2) is 30.4 Å². The van der Waals surface area contributed by atoms with Crippen molar-refractivity contribution in [1.82, 2.24) is 10.2 Å². The molecular formula is C25H28N2O. The zero-order valence-electron chi connectivity index (χ0n) is 16.7. The van der Waals surface area contributed by atoms with Crippen molar-refractivity contribution in [2.75, 3.05) is 14.1 Å². The van der Waals surface area contributed by atoms with Crippen LogP contribution in [0.1, 0.15) is 47.6 Å². The van der Waals surface area contributed by atoms with E-state index in [1.807, 2.05) is 36.4 Å². The van der Waals surface area contributed by atoms with Gasteiger partial charge in [-0.1, -0.05) is 73.5 Å². The Kier molecular flexibility index (Phi) is 5.19. The minimum Gasteiger partial charge on any atom is -0.343 e. The standard InChI is InChI=1S/C25H28N2O/c1-27(2)25(16-8-9-17-25)23(20-11-4-3-5-12-20)26-24(28)22-15-14-19-10-6-7-13-21(19)18-22/h3-7,10-15,18,23H,8-9,16-17H2,1-2H3,(H,26,28). The number of carbonyl (C=O) groups excluding carboxylic acids is 1. The molecule has 1 N–H and O–H groups in total. The lowest BCUT2D eigenvalue weighted by Crippen LogP contribution is -2.53. The lowest BCUT2D eigenvalue weighted by Gasteiger charge is -2.44. The van der Waals surface area contributed by atoms with Crippen LogP contribution in [0.2, 0.25) is 0 Å². The number of nitrogens with zero attached hydrogens (tertiary/aromatic N) is 1. The molecule has 3 aromatic rings. The molecule has 1 aliphatic carbocycles. The van der Waals surface area contributed by atoms with E-state index in [4.69, 9.17) is 0 Å². The number of likely N-dealkylation sites (N-methyl/N-ethyl adjacent to an activating group) is 1. The van der Waals surface area contributed by atoms with Crippen molar-refractivity contribution in [3.63, 3.8) is 0 Å². The number of rotatable bonds is 5. The summed E-state index contributed by atoms with van der Waals surface area (Å²) < 4.78 is 0. The van der Waals surface area contributed by atoms with Crippen LogP contribution in [0.15, 0.2) is 72.8 Å². The largest absolute Gasteiger partial charge is 0.343 e. The smallest absolute Gasteiger partial charge is 0.251 e. The van der Waals surface area contributed by atoms with E-state index in [0.717, 1.165) is 23.6 Å². The van der Waals surface area contributed by atoms with Gasteiger partial charge in [0.05, 0.1) is 6.04 Å². The first-order valence-corrected chi connectivity index (χ1v) is 10.1. The van der Waals surface area contributed by atoms with Crippen molar-refractivity contribution in [2.24, 2.45) is 0 Å². The molecule has 1 unspecified atom stereocenters. The fourth-order valence-corrected chi connectivity index (χ4v) is 4.70. The minimum absolute atomic E-state index is 0.00673. The summed E-state index contributed by atoms with van der Waals surface area (Å²) in [7, 11) is 4.28. The third-order valence-corrected chi connectivity index (χ3v) is 6.32. The van der Waals surface area contributed by atoms with Crippen molar-refractivity contribution in [1.29, 1.82) is 0 Å². The van der Waals surface area contributed by atoms with Crippen LogP contribution in [0, 0.1) is 0 Å². The molecule has 0 radical (unpaired) electrons. The van der Waals surface area contributed by atoms with E-state index >= 15 is 0 Å². The molecule has 1 amide bonds. The molecule has 3 aromatic carbocycles. The lowest BCUT2D eigenvalue weighted by atomic mass is 9.82. The van der Waals surface area contributed by atoms with E-state index < -0.39 is 0 Å². The van der Waals surface area contributed by atoms with Gasteiger partial charge in [0.25, 0.3) is 5.91 Å². The van der Waals surface area contributed by atoms with E-state index in [9.17, 15) is 4.79 Å². The zero-order valence-corrected chi connectivity index (χ0v) is 16.7. The Balaban J connectivity index is 1.69. The van der Waals surface area contributed by atoms with Crippen LogP contribution in [0.5, 0.6) is 0 Å². The first-order chi connectivity index (χ1) is 13.6. The molecule has 1 fully saturated rings. The third kappa shape index (κ3) is 3.43. The highest BCUT2D eigenvalue weighted by Crippen LogP contribution is 2.43. The zero-order chi connectivity index (χ0) is 19.6. The highest BCUT2D eigenvalue weighted by Gasteiger charge is 2.44. The van der Waals surface area contributed by atoms with Gasteiger partial charge in [-0.3, -0.25) is 4.79 Å². The second-order valence-electron chi connectivity index (χ2n) is 8.08. The average molecular weight is 373 g/mol. The molecule has 1 aliphatic rings. The quantitative estimate of drug-likeness (QED) is 0.669. The van der Waals surface area contributed by atoms with Crippen molar-refractivity contribution in [3.05, 3.63) is 83.9 Å². The van der Waals surface area contributed by atoms with Gasteiger partial charge in [0.15, 0.2) is 0 Å². The molecule has 0 heterocycles. The maximum Gasteiger partial charge on any atom is 0.251 e. The van der Waals surface area contributed by atoms with Crippen LogP contribution in [0.25, 0.3) is 10.8 Å². The molecule has 0 bridgehead atoms. The van der Waals surface area contributed by atoms with Gasteiger partial charge in [0, 0.05) is 11.1 Å². The van der Waals surface area contributed by atoms with E-state index in [2.05, 4.69) is 60.7 Å². The Morgan fingerprint density at radius 2 is 1.54 bits per heavy atom. The summed E-state index contributed by atoms with van der Waals surface area (Å²) in [6, 6.07) is 24.5. The molecule has 144 valence electrons. The van der Waals surface area contributed by atoms with Crippen molar-refractivity contribution < 1.29 is 4.79 Å². The van der Waals surface area contributed by atoms with Crippen LogP contribution in [0.3, 0.4) is 0 Å². The molecule has 0 saturated heterocycles. The van der Waals surface area contributed by atoms with Crippen LogP contribution in [0.4, 0.5) is 0 Å². The fraction of sp³-hybridized carbons (Fsp3) is 0.320. The number of hydrogen-bond donors (Lipinski definition) is 1. The number of carbonyl (C=O) groups is 1. The van der Waals surface area contributed by atoms with Gasteiger partial charge < -0.3 is 10.2 Å². The molecule has 28 heavy (non-hydrogen) atoms. The molecule has 4 rings (SSSR count). The predicted molar refractivity (Wildman–Crippen MR) is 115 cm³/mol. The number of nitrogens with one attached hydrogen (secondary N) is 1. The van der Waals surface area contributed by atoms with Crippen LogP contribution in [-0.2, 0) is 0 Å². The van der Waals surface area contributed by atoms with E-state index in [0.29, 0.717) is 5.56 Å². The van der Waals surface area contributed by atoms with Gasteiger partial charge in [-0.05, 0) is 55.4 Å². The molecule has 1 atom stereocenters.